The lowest BCUT2D eigenvalue weighted by molar-refractivity contribution is 0.790. The molecule has 0 atom stereocenters. The number of hydrogen-bond donors (Lipinski definition) is 1. The molecule has 2 N–H and O–H groups in total. The van der Waals surface area contributed by atoms with Crippen molar-refractivity contribution < 1.29 is 0 Å². The van der Waals surface area contributed by atoms with Crippen molar-refractivity contribution in [2.75, 3.05) is 0 Å². The fourth-order valence-corrected chi connectivity index (χ4v) is 1.87. The average molecular weight is 236 g/mol. The molecule has 2 rings (SSSR count). The van der Waals surface area contributed by atoms with Gasteiger partial charge in [0.2, 0.25) is 0 Å². The number of nitrogens with two attached hydrogens (primary N) is 1. The normalized spacial score (nSPS) is 10.7. The molecule has 0 amide bonds. The number of halogens is 1. The predicted molar refractivity (Wildman–Crippen MR) is 65.8 cm³/mol. The summed E-state index contributed by atoms with van der Waals surface area (Å²) in [5, 5.41) is 5.14. The monoisotopic (exact) mass is 235 g/mol. The van der Waals surface area contributed by atoms with E-state index in [1.54, 1.807) is 0 Å². The first-order valence-electron chi connectivity index (χ1n) is 5.29. The molecule has 0 aliphatic heterocycles. The summed E-state index contributed by atoms with van der Waals surface area (Å²) in [7, 11) is 0. The molecule has 0 fully saturated rings. The Morgan fingerprint density at radius 1 is 1.38 bits per heavy atom. The third kappa shape index (κ3) is 1.96. The van der Waals surface area contributed by atoms with Crippen LogP contribution in [-0.2, 0) is 13.0 Å². The summed E-state index contributed by atoms with van der Waals surface area (Å²) >= 11 is 6.15. The molecule has 0 aliphatic carbocycles. The molecule has 0 spiro atoms. The highest BCUT2D eigenvalue weighted by atomic mass is 35.5. The number of hydrogen-bond acceptors (Lipinski definition) is 2. The van der Waals surface area contributed by atoms with Gasteiger partial charge in [-0.1, -0.05) is 30.7 Å². The minimum atomic E-state index is 0.449. The van der Waals surface area contributed by atoms with E-state index in [1.165, 1.54) is 0 Å². The maximum atomic E-state index is 6.15. The molecule has 4 heteroatoms. The number of rotatable bonds is 3. The van der Waals surface area contributed by atoms with Crippen molar-refractivity contribution in [1.82, 2.24) is 9.78 Å². The quantitative estimate of drug-likeness (QED) is 0.889. The molecule has 0 aliphatic rings. The number of nitrogens with zero attached hydrogens (tertiary/aromatic N) is 2. The van der Waals surface area contributed by atoms with Crippen molar-refractivity contribution in [3.8, 4) is 5.69 Å². The van der Waals surface area contributed by atoms with Crippen LogP contribution in [0.4, 0.5) is 0 Å². The van der Waals surface area contributed by atoms with Crippen molar-refractivity contribution >= 4 is 11.6 Å². The maximum Gasteiger partial charge on any atom is 0.0835 e. The molecule has 0 radical (unpaired) electrons. The van der Waals surface area contributed by atoms with E-state index in [9.17, 15) is 0 Å². The van der Waals surface area contributed by atoms with Crippen molar-refractivity contribution in [3.63, 3.8) is 0 Å². The van der Waals surface area contributed by atoms with Gasteiger partial charge in [-0.2, -0.15) is 5.10 Å². The van der Waals surface area contributed by atoms with E-state index in [1.807, 2.05) is 35.0 Å². The summed E-state index contributed by atoms with van der Waals surface area (Å²) in [5.41, 5.74) is 8.50. The molecule has 16 heavy (non-hydrogen) atoms. The first-order chi connectivity index (χ1) is 7.76. The van der Waals surface area contributed by atoms with Gasteiger partial charge in [-0.05, 0) is 24.6 Å². The number of para-hydroxylation sites is 1. The van der Waals surface area contributed by atoms with E-state index >= 15 is 0 Å². The van der Waals surface area contributed by atoms with Crippen molar-refractivity contribution in [1.29, 1.82) is 0 Å². The van der Waals surface area contributed by atoms with Crippen molar-refractivity contribution in [3.05, 3.63) is 46.7 Å². The number of benzene rings is 1. The molecule has 0 saturated carbocycles. The first kappa shape index (κ1) is 11.2. The second-order valence-corrected chi connectivity index (χ2v) is 3.96. The Bertz CT molecular complexity index is 491. The van der Waals surface area contributed by atoms with Crippen LogP contribution in [-0.4, -0.2) is 9.78 Å². The molecule has 0 unspecified atom stereocenters. The highest BCUT2D eigenvalue weighted by molar-refractivity contribution is 6.32. The highest BCUT2D eigenvalue weighted by Crippen LogP contribution is 2.21. The highest BCUT2D eigenvalue weighted by Gasteiger charge is 2.09. The van der Waals surface area contributed by atoms with Crippen LogP contribution in [0.3, 0.4) is 0 Å². The van der Waals surface area contributed by atoms with Gasteiger partial charge < -0.3 is 5.73 Å². The lowest BCUT2D eigenvalue weighted by atomic mass is 10.2. The summed E-state index contributed by atoms with van der Waals surface area (Å²) in [6.45, 7) is 2.54. The van der Waals surface area contributed by atoms with Gasteiger partial charge >= 0.3 is 0 Å². The smallest absolute Gasteiger partial charge is 0.0835 e. The van der Waals surface area contributed by atoms with E-state index in [4.69, 9.17) is 17.3 Å². The molecule has 0 saturated heterocycles. The van der Waals surface area contributed by atoms with Gasteiger partial charge in [0.25, 0.3) is 0 Å². The Morgan fingerprint density at radius 3 is 2.75 bits per heavy atom. The minimum absolute atomic E-state index is 0.449. The average Bonchev–Trinajstić information content (AvgIpc) is 2.72. The molecule has 1 aromatic heterocycles. The lowest BCUT2D eigenvalue weighted by Gasteiger charge is -2.07. The Morgan fingerprint density at radius 2 is 2.12 bits per heavy atom. The summed E-state index contributed by atoms with van der Waals surface area (Å²) in [4.78, 5) is 0. The SMILES string of the molecule is CCc1cc(CN)nn1-c1ccccc1Cl. The van der Waals surface area contributed by atoms with Crippen LogP contribution in [0.1, 0.15) is 18.3 Å². The molecule has 1 heterocycles. The Hall–Kier alpha value is -1.32. The van der Waals surface area contributed by atoms with E-state index in [-0.39, 0.29) is 0 Å². The van der Waals surface area contributed by atoms with Crippen LogP contribution in [0.2, 0.25) is 5.02 Å². The summed E-state index contributed by atoms with van der Waals surface area (Å²) in [6.07, 6.45) is 0.901. The largest absolute Gasteiger partial charge is 0.325 e. The van der Waals surface area contributed by atoms with E-state index in [0.717, 1.165) is 23.5 Å². The molecule has 0 bridgehead atoms. The van der Waals surface area contributed by atoms with Gasteiger partial charge in [0.1, 0.15) is 0 Å². The minimum Gasteiger partial charge on any atom is -0.325 e. The third-order valence-corrected chi connectivity index (χ3v) is 2.81. The molecule has 84 valence electrons. The van der Waals surface area contributed by atoms with E-state index < -0.39 is 0 Å². The van der Waals surface area contributed by atoms with Gasteiger partial charge in [0.05, 0.1) is 16.4 Å². The summed E-state index contributed by atoms with van der Waals surface area (Å²) in [5.74, 6) is 0. The molecule has 1 aromatic carbocycles. The van der Waals surface area contributed by atoms with Crippen LogP contribution in [0.25, 0.3) is 5.69 Å². The fraction of sp³-hybridized carbons (Fsp3) is 0.250. The summed E-state index contributed by atoms with van der Waals surface area (Å²) < 4.78 is 1.87. The lowest BCUT2D eigenvalue weighted by Crippen LogP contribution is -2.03. The van der Waals surface area contributed by atoms with Crippen LogP contribution in [0.5, 0.6) is 0 Å². The van der Waals surface area contributed by atoms with Crippen LogP contribution >= 0.6 is 11.6 Å². The number of aryl methyl sites for hydroxylation is 1. The van der Waals surface area contributed by atoms with Crippen LogP contribution in [0.15, 0.2) is 30.3 Å². The van der Waals surface area contributed by atoms with Gasteiger partial charge in [-0.3, -0.25) is 0 Å². The molecular weight excluding hydrogens is 222 g/mol. The molecule has 2 aromatic rings. The molecule has 3 nitrogen and oxygen atoms in total. The standard InChI is InChI=1S/C12H14ClN3/c1-2-10-7-9(8-14)15-16(10)12-6-4-3-5-11(12)13/h3-7H,2,8,14H2,1H3. The van der Waals surface area contributed by atoms with Crippen LogP contribution < -0.4 is 5.73 Å². The van der Waals surface area contributed by atoms with Gasteiger partial charge in [0, 0.05) is 12.2 Å². The zero-order chi connectivity index (χ0) is 11.5. The van der Waals surface area contributed by atoms with Crippen molar-refractivity contribution in [2.45, 2.75) is 19.9 Å². The Labute approximate surface area is 99.8 Å². The van der Waals surface area contributed by atoms with Gasteiger partial charge in [-0.15, -0.1) is 0 Å². The van der Waals surface area contributed by atoms with E-state index in [0.29, 0.717) is 11.6 Å². The van der Waals surface area contributed by atoms with E-state index in [2.05, 4.69) is 12.0 Å². The zero-order valence-corrected chi connectivity index (χ0v) is 9.91. The van der Waals surface area contributed by atoms with Gasteiger partial charge in [0.15, 0.2) is 0 Å². The topological polar surface area (TPSA) is 43.8 Å². The predicted octanol–water partition coefficient (Wildman–Crippen LogP) is 2.55. The third-order valence-electron chi connectivity index (χ3n) is 2.49. The second-order valence-electron chi connectivity index (χ2n) is 3.55. The Balaban J connectivity index is 2.54. The van der Waals surface area contributed by atoms with Crippen molar-refractivity contribution in [2.24, 2.45) is 5.73 Å². The van der Waals surface area contributed by atoms with Gasteiger partial charge in [-0.25, -0.2) is 4.68 Å². The first-order valence-corrected chi connectivity index (χ1v) is 5.66. The fourth-order valence-electron chi connectivity index (χ4n) is 1.66. The zero-order valence-electron chi connectivity index (χ0n) is 9.15. The second kappa shape index (κ2) is 4.68. The Kier molecular flexibility index (Phi) is 3.27. The number of aromatic nitrogens is 2. The summed E-state index contributed by atoms with van der Waals surface area (Å²) in [6, 6.07) is 9.69. The molecular formula is C12H14ClN3. The maximum absolute atomic E-state index is 6.15. The van der Waals surface area contributed by atoms with Crippen LogP contribution in [0, 0.1) is 0 Å².